The molecular weight excluding hydrogens is 446 g/mol. The Morgan fingerprint density at radius 3 is 2.73 bits per heavy atom. The van der Waals surface area contributed by atoms with Crippen LogP contribution in [0.15, 0.2) is 29.2 Å². The average molecular weight is 468 g/mol. The van der Waals surface area contributed by atoms with Gasteiger partial charge in [0.15, 0.2) is 15.7 Å². The zero-order valence-electron chi connectivity index (χ0n) is 16.6. The molecule has 10 heteroatoms. The number of morpholine rings is 1. The van der Waals surface area contributed by atoms with E-state index in [-0.39, 0.29) is 15.9 Å². The van der Waals surface area contributed by atoms with E-state index < -0.39 is 15.9 Å². The van der Waals surface area contributed by atoms with Crippen LogP contribution in [0, 0.1) is 6.92 Å². The van der Waals surface area contributed by atoms with Crippen LogP contribution in [0.4, 0.5) is 5.82 Å². The Morgan fingerprint density at radius 1 is 1.30 bits per heavy atom. The normalized spacial score (nSPS) is 16.2. The number of nitrogens with zero attached hydrogens (tertiary/aromatic N) is 3. The predicted molar refractivity (Wildman–Crippen MR) is 119 cm³/mol. The van der Waals surface area contributed by atoms with Gasteiger partial charge in [-0.2, -0.15) is 4.98 Å². The molecule has 160 valence electrons. The lowest BCUT2D eigenvalue weighted by molar-refractivity contribution is 0.122. The van der Waals surface area contributed by atoms with Crippen LogP contribution >= 0.6 is 22.9 Å². The van der Waals surface area contributed by atoms with Gasteiger partial charge in [0.1, 0.15) is 0 Å². The molecule has 0 radical (unpaired) electrons. The van der Waals surface area contributed by atoms with Crippen molar-refractivity contribution in [3.05, 3.63) is 35.1 Å². The maximum absolute atomic E-state index is 12.6. The number of hydrogen-bond donors (Lipinski definition) is 1. The van der Waals surface area contributed by atoms with Gasteiger partial charge in [-0.25, -0.2) is 13.4 Å². The molecule has 0 aliphatic carbocycles. The van der Waals surface area contributed by atoms with Gasteiger partial charge < -0.3 is 14.7 Å². The summed E-state index contributed by atoms with van der Waals surface area (Å²) < 4.78 is 31.5. The first-order chi connectivity index (χ1) is 14.3. The molecule has 0 saturated carbocycles. The van der Waals surface area contributed by atoms with Crippen LogP contribution in [0.25, 0.3) is 20.7 Å². The molecule has 7 nitrogen and oxygen atoms in total. The van der Waals surface area contributed by atoms with Gasteiger partial charge in [-0.15, -0.1) is 11.3 Å². The average Bonchev–Trinajstić information content (AvgIpc) is 3.04. The second-order valence-electron chi connectivity index (χ2n) is 7.31. The number of fused-ring (bicyclic) bond motifs is 1. The lowest BCUT2D eigenvalue weighted by Gasteiger charge is -2.28. The molecule has 1 aliphatic heterocycles. The number of benzene rings is 1. The van der Waals surface area contributed by atoms with Crippen molar-refractivity contribution in [3.63, 3.8) is 0 Å². The highest BCUT2D eigenvalue weighted by Gasteiger charge is 2.23. The highest BCUT2D eigenvalue weighted by atomic mass is 35.5. The number of halogens is 1. The smallest absolute Gasteiger partial charge is 0.224 e. The van der Waals surface area contributed by atoms with Crippen LogP contribution < -0.4 is 4.90 Å². The second-order valence-corrected chi connectivity index (χ2v) is 10.7. The number of hydrogen-bond acceptors (Lipinski definition) is 8. The van der Waals surface area contributed by atoms with Gasteiger partial charge in [-0.05, 0) is 48.7 Å². The lowest BCUT2D eigenvalue weighted by atomic mass is 10.1. The molecule has 1 aromatic carbocycles. The van der Waals surface area contributed by atoms with Crippen molar-refractivity contribution in [2.45, 2.75) is 24.8 Å². The predicted octanol–water partition coefficient (Wildman–Crippen LogP) is 3.31. The zero-order valence-corrected chi connectivity index (χ0v) is 19.0. The molecule has 1 N–H and O–H groups in total. The standard InChI is InChI=1S/C20H22ClN3O4S2/c1-12(25)11-30(26,27)15-5-3-4-14(10-15)17-13(2)16-18(29-17)19(23-20(21)22-16)24-6-8-28-9-7-24/h3-5,10,12,25H,6-9,11H2,1-2H3/t12-/m0/s1. The summed E-state index contributed by atoms with van der Waals surface area (Å²) in [4.78, 5) is 12.2. The number of anilines is 1. The van der Waals surface area contributed by atoms with Crippen LogP contribution in [-0.4, -0.2) is 61.7 Å². The van der Waals surface area contributed by atoms with E-state index in [1.165, 1.54) is 18.3 Å². The van der Waals surface area contributed by atoms with Gasteiger partial charge in [0, 0.05) is 18.0 Å². The van der Waals surface area contributed by atoms with Crippen LogP contribution in [0.1, 0.15) is 12.5 Å². The molecule has 1 saturated heterocycles. The third-order valence-electron chi connectivity index (χ3n) is 4.95. The fourth-order valence-electron chi connectivity index (χ4n) is 3.56. The van der Waals surface area contributed by atoms with E-state index in [4.69, 9.17) is 16.3 Å². The number of rotatable bonds is 5. The lowest BCUT2D eigenvalue weighted by Crippen LogP contribution is -2.36. The van der Waals surface area contributed by atoms with Gasteiger partial charge in [-0.1, -0.05) is 12.1 Å². The molecule has 1 atom stereocenters. The molecule has 4 rings (SSSR count). The van der Waals surface area contributed by atoms with Gasteiger partial charge in [-0.3, -0.25) is 0 Å². The quantitative estimate of drug-likeness (QED) is 0.575. The number of aliphatic hydroxyl groups excluding tert-OH is 1. The van der Waals surface area contributed by atoms with E-state index in [0.717, 1.165) is 45.1 Å². The van der Waals surface area contributed by atoms with Gasteiger partial charge in [0.2, 0.25) is 5.28 Å². The minimum absolute atomic E-state index is 0.185. The summed E-state index contributed by atoms with van der Waals surface area (Å²) in [6.45, 7) is 6.13. The van der Waals surface area contributed by atoms with E-state index in [9.17, 15) is 13.5 Å². The monoisotopic (exact) mass is 467 g/mol. The number of aliphatic hydroxyl groups is 1. The summed E-state index contributed by atoms with van der Waals surface area (Å²) >= 11 is 7.75. The topological polar surface area (TPSA) is 92.6 Å². The van der Waals surface area contributed by atoms with Crippen molar-refractivity contribution in [3.8, 4) is 10.4 Å². The van der Waals surface area contributed by atoms with Gasteiger partial charge in [0.25, 0.3) is 0 Å². The van der Waals surface area contributed by atoms with Gasteiger partial charge in [0.05, 0.1) is 40.2 Å². The molecule has 0 spiro atoms. The number of ether oxygens (including phenoxy) is 1. The summed E-state index contributed by atoms with van der Waals surface area (Å²) in [5.41, 5.74) is 2.49. The molecule has 1 aliphatic rings. The number of sulfone groups is 1. The number of aryl methyl sites for hydroxylation is 1. The molecule has 0 amide bonds. The summed E-state index contributed by atoms with van der Waals surface area (Å²) in [5, 5.41) is 9.72. The minimum Gasteiger partial charge on any atom is -0.392 e. The molecule has 3 heterocycles. The van der Waals surface area contributed by atoms with Crippen LogP contribution in [0.3, 0.4) is 0 Å². The minimum atomic E-state index is -3.58. The maximum Gasteiger partial charge on any atom is 0.224 e. The van der Waals surface area contributed by atoms with Crippen LogP contribution in [0.2, 0.25) is 5.28 Å². The summed E-state index contributed by atoms with van der Waals surface area (Å²) in [5.74, 6) is 0.468. The Kier molecular flexibility index (Phi) is 6.00. The van der Waals surface area contributed by atoms with Crippen molar-refractivity contribution < 1.29 is 18.3 Å². The van der Waals surface area contributed by atoms with Crippen molar-refractivity contribution >= 4 is 48.8 Å². The largest absolute Gasteiger partial charge is 0.392 e. The molecule has 1 fully saturated rings. The molecule has 3 aromatic rings. The molecule has 2 aromatic heterocycles. The fraction of sp³-hybridized carbons (Fsp3) is 0.400. The third-order valence-corrected chi connectivity index (χ3v) is 8.34. The first kappa shape index (κ1) is 21.5. The van der Waals surface area contributed by atoms with Crippen molar-refractivity contribution in [2.75, 3.05) is 37.0 Å². The molecule has 0 bridgehead atoms. The summed E-state index contributed by atoms with van der Waals surface area (Å²) in [6.07, 6.45) is -0.932. The SMILES string of the molecule is Cc1c(-c2cccc(S(=O)(=O)C[C@H](C)O)c2)sc2c(N3CCOCC3)nc(Cl)nc12. The first-order valence-corrected chi connectivity index (χ1v) is 12.4. The van der Waals surface area contributed by atoms with Crippen LogP contribution in [-0.2, 0) is 14.6 Å². The van der Waals surface area contributed by atoms with Crippen LogP contribution in [0.5, 0.6) is 0 Å². The molecule has 30 heavy (non-hydrogen) atoms. The molecular formula is C20H22ClN3O4S2. The second kappa shape index (κ2) is 8.39. The van der Waals surface area contributed by atoms with Crippen molar-refractivity contribution in [1.82, 2.24) is 9.97 Å². The number of thiophene rings is 1. The maximum atomic E-state index is 12.6. The zero-order chi connectivity index (χ0) is 21.5. The van der Waals surface area contributed by atoms with E-state index in [0.29, 0.717) is 13.2 Å². The Hall–Kier alpha value is -1.78. The summed E-state index contributed by atoms with van der Waals surface area (Å²) in [7, 11) is -3.58. The molecule has 0 unspecified atom stereocenters. The Morgan fingerprint density at radius 2 is 2.03 bits per heavy atom. The van der Waals surface area contributed by atoms with Gasteiger partial charge >= 0.3 is 0 Å². The fourth-order valence-corrected chi connectivity index (χ4v) is 6.40. The van der Waals surface area contributed by atoms with E-state index in [1.807, 2.05) is 13.0 Å². The Labute approximate surface area is 184 Å². The van der Waals surface area contributed by atoms with E-state index in [2.05, 4.69) is 14.9 Å². The Balaban J connectivity index is 1.83. The number of aromatic nitrogens is 2. The Bertz CT molecular complexity index is 1190. The highest BCUT2D eigenvalue weighted by Crippen LogP contribution is 2.42. The van der Waals surface area contributed by atoms with Crippen molar-refractivity contribution in [1.29, 1.82) is 0 Å². The third kappa shape index (κ3) is 4.17. The summed E-state index contributed by atoms with van der Waals surface area (Å²) in [6, 6.07) is 6.80. The highest BCUT2D eigenvalue weighted by molar-refractivity contribution is 7.91. The van der Waals surface area contributed by atoms with E-state index >= 15 is 0 Å². The first-order valence-electron chi connectivity index (χ1n) is 9.57. The van der Waals surface area contributed by atoms with E-state index in [1.54, 1.807) is 18.2 Å². The van der Waals surface area contributed by atoms with Crippen molar-refractivity contribution in [2.24, 2.45) is 0 Å².